The molecule has 5 aromatic rings. The van der Waals surface area contributed by atoms with Crippen LogP contribution in [-0.4, -0.2) is 6.54 Å². The molecule has 5 heteroatoms. The predicted molar refractivity (Wildman–Crippen MR) is 208 cm³/mol. The van der Waals surface area contributed by atoms with Crippen LogP contribution in [0.3, 0.4) is 0 Å². The Bertz CT molecular complexity index is 1950. The Labute approximate surface area is 296 Å². The molecule has 0 amide bonds. The highest BCUT2D eigenvalue weighted by Gasteiger charge is 2.30. The highest BCUT2D eigenvalue weighted by molar-refractivity contribution is 6.11. The van der Waals surface area contributed by atoms with Crippen LogP contribution < -0.4 is 4.90 Å². The molecule has 1 nitrogen and oxygen atoms in total. The molecule has 50 heavy (non-hydrogen) atoms. The van der Waals surface area contributed by atoms with Crippen LogP contribution in [0.4, 0.5) is 17.6 Å². The molecule has 1 N–H and O–H groups in total. The first-order valence-electron chi connectivity index (χ1n) is 17.8. The van der Waals surface area contributed by atoms with Crippen molar-refractivity contribution in [3.8, 4) is 22.3 Å². The first-order valence-corrected chi connectivity index (χ1v) is 17.8. The van der Waals surface area contributed by atoms with Gasteiger partial charge in [0.25, 0.3) is 0 Å². The first kappa shape index (κ1) is 40.0. The molecular weight excluding hydrogens is 630 g/mol. The molecule has 1 atom stereocenters. The van der Waals surface area contributed by atoms with Crippen LogP contribution in [-0.2, 0) is 13.1 Å². The number of halogens is 4. The van der Waals surface area contributed by atoms with E-state index in [1.807, 2.05) is 50.2 Å². The van der Waals surface area contributed by atoms with E-state index in [1.165, 1.54) is 30.4 Å². The molecule has 0 fully saturated rings. The molecule has 1 heterocycles. The third-order valence-electron chi connectivity index (χ3n) is 8.26. The summed E-state index contributed by atoms with van der Waals surface area (Å²) in [5, 5.41) is 4.21. The summed E-state index contributed by atoms with van der Waals surface area (Å²) in [7, 11) is 0. The number of allylic oxidation sites excluding steroid dienone is 4. The highest BCUT2D eigenvalue weighted by atomic mass is 19.1. The van der Waals surface area contributed by atoms with Crippen LogP contribution in [0.25, 0.3) is 49.9 Å². The van der Waals surface area contributed by atoms with Gasteiger partial charge in [0.15, 0.2) is 0 Å². The predicted octanol–water partition coefficient (Wildman–Crippen LogP) is 13.1. The van der Waals surface area contributed by atoms with E-state index in [1.54, 1.807) is 25.1 Å². The fourth-order valence-electron chi connectivity index (χ4n) is 6.39. The first-order chi connectivity index (χ1) is 24.1. The van der Waals surface area contributed by atoms with Gasteiger partial charge in [-0.3, -0.25) is 0 Å². The van der Waals surface area contributed by atoms with E-state index in [4.69, 9.17) is 0 Å². The smallest absolute Gasteiger partial charge is 0.133 e. The Kier molecular flexibility index (Phi) is 15.7. The fraction of sp³-hybridized carbons (Fsp3) is 0.289. The van der Waals surface area contributed by atoms with Gasteiger partial charge in [0, 0.05) is 33.9 Å². The third kappa shape index (κ3) is 9.82. The molecular formula is C45H52F4N+. The molecule has 6 rings (SSSR count). The summed E-state index contributed by atoms with van der Waals surface area (Å²) in [5.74, 6) is -1.79. The summed E-state index contributed by atoms with van der Waals surface area (Å²) in [5.41, 5.74) is 6.38. The van der Waals surface area contributed by atoms with E-state index in [0.717, 1.165) is 86.9 Å². The zero-order chi connectivity index (χ0) is 36.8. The van der Waals surface area contributed by atoms with Crippen molar-refractivity contribution < 1.29 is 22.5 Å². The maximum atomic E-state index is 15.4. The normalized spacial score (nSPS) is 13.6. The van der Waals surface area contributed by atoms with Crippen molar-refractivity contribution >= 4 is 27.6 Å². The lowest BCUT2D eigenvalue weighted by atomic mass is 9.83. The lowest BCUT2D eigenvalue weighted by Crippen LogP contribution is -3.09. The number of hydrogen-bond donors (Lipinski definition) is 1. The lowest BCUT2D eigenvalue weighted by molar-refractivity contribution is -0.927. The van der Waals surface area contributed by atoms with Crippen LogP contribution in [0.1, 0.15) is 84.4 Å². The second kappa shape index (κ2) is 19.6. The van der Waals surface area contributed by atoms with E-state index in [-0.39, 0.29) is 5.83 Å². The summed E-state index contributed by atoms with van der Waals surface area (Å²) in [6, 6.07) is 24.4. The summed E-state index contributed by atoms with van der Waals surface area (Å²) >= 11 is 0. The largest absolute Gasteiger partial charge is 0.327 e. The quantitative estimate of drug-likeness (QED) is 0.134. The van der Waals surface area contributed by atoms with Gasteiger partial charge in [0.1, 0.15) is 30.6 Å². The molecule has 264 valence electrons. The van der Waals surface area contributed by atoms with Gasteiger partial charge in [-0.1, -0.05) is 109 Å². The number of fused-ring (bicyclic) bond motifs is 7. The summed E-state index contributed by atoms with van der Waals surface area (Å²) in [6.07, 6.45) is 7.91. The SMILES string of the molecule is C=C(F)/C=C\C.CC.CCC.CCCC[NH+]1Cc2c(/C=C(/C)F)cc3ccccc3c2-c2c(c(-c3ccc(F)cc3F)cc3ccccc23)C1. The van der Waals surface area contributed by atoms with E-state index in [0.29, 0.717) is 12.1 Å². The van der Waals surface area contributed by atoms with Crippen molar-refractivity contribution in [2.24, 2.45) is 0 Å². The van der Waals surface area contributed by atoms with Crippen LogP contribution in [0.15, 0.2) is 109 Å². The molecule has 0 aliphatic carbocycles. The Morgan fingerprint density at radius 3 is 1.86 bits per heavy atom. The molecule has 1 aliphatic heterocycles. The van der Waals surface area contributed by atoms with E-state index < -0.39 is 17.5 Å². The van der Waals surface area contributed by atoms with Gasteiger partial charge in [0.05, 0.1) is 12.4 Å². The molecule has 0 saturated carbocycles. The Morgan fingerprint density at radius 1 is 0.780 bits per heavy atom. The van der Waals surface area contributed by atoms with E-state index in [2.05, 4.69) is 51.6 Å². The van der Waals surface area contributed by atoms with Gasteiger partial charge in [-0.15, -0.1) is 0 Å². The zero-order valence-corrected chi connectivity index (χ0v) is 30.7. The minimum absolute atomic E-state index is 0.237. The average Bonchev–Trinajstić information content (AvgIpc) is 3.26. The van der Waals surface area contributed by atoms with Gasteiger partial charge in [-0.05, 0) is 89.4 Å². The number of quaternary nitrogens is 1. The highest BCUT2D eigenvalue weighted by Crippen LogP contribution is 2.45. The Morgan fingerprint density at radius 2 is 1.34 bits per heavy atom. The zero-order valence-electron chi connectivity index (χ0n) is 30.7. The minimum atomic E-state index is -0.590. The molecule has 0 saturated heterocycles. The second-order valence-electron chi connectivity index (χ2n) is 12.3. The van der Waals surface area contributed by atoms with E-state index >= 15 is 4.39 Å². The monoisotopic (exact) mass is 682 g/mol. The van der Waals surface area contributed by atoms with Crippen LogP contribution in [0.2, 0.25) is 0 Å². The number of rotatable bonds is 6. The average molecular weight is 683 g/mol. The molecule has 0 bridgehead atoms. The van der Waals surface area contributed by atoms with Gasteiger partial charge in [-0.2, -0.15) is 0 Å². The van der Waals surface area contributed by atoms with Crippen molar-refractivity contribution in [3.05, 3.63) is 138 Å². The van der Waals surface area contributed by atoms with Gasteiger partial charge < -0.3 is 4.90 Å². The maximum Gasteiger partial charge on any atom is 0.133 e. The Balaban J connectivity index is 0.000000543. The molecule has 0 aromatic heterocycles. The maximum absolute atomic E-state index is 15.4. The number of nitrogens with one attached hydrogen (secondary N) is 1. The van der Waals surface area contributed by atoms with Gasteiger partial charge in [0.2, 0.25) is 0 Å². The molecule has 5 aromatic carbocycles. The molecule has 0 spiro atoms. The lowest BCUT2D eigenvalue weighted by Gasteiger charge is -2.21. The standard InChI is InChI=1S/C35H30F3N.C5H7F.C3H8.C2H6/c1-3-4-15-39-20-31-25(16-22(2)36)17-23-9-5-7-11-27(23)34(31)35-28-12-8-6-10-24(28)18-30(32(35)21-39)29-14-13-26(37)19-33(29)38;1-3-4-5(2)6;1-3-2;1-2/h5-14,16-19H,3-4,15,20-21H2,1-2H3;3-4H,2H2,1H3;3H2,1-2H3;1-2H3/p+1/b22-16-;4-3-;;. The molecule has 0 radical (unpaired) electrons. The summed E-state index contributed by atoms with van der Waals surface area (Å²) < 4.78 is 55.2. The van der Waals surface area contributed by atoms with E-state index in [9.17, 15) is 13.2 Å². The molecule has 1 unspecified atom stereocenters. The number of benzene rings is 5. The second-order valence-corrected chi connectivity index (χ2v) is 12.3. The summed E-state index contributed by atoms with van der Waals surface area (Å²) in [6.45, 7) is 19.0. The summed E-state index contributed by atoms with van der Waals surface area (Å²) in [4.78, 5) is 1.34. The van der Waals surface area contributed by atoms with Crippen molar-refractivity contribution in [1.82, 2.24) is 0 Å². The van der Waals surface area contributed by atoms with Crippen molar-refractivity contribution in [1.29, 1.82) is 0 Å². The van der Waals surface area contributed by atoms with Gasteiger partial charge >= 0.3 is 0 Å². The third-order valence-corrected chi connectivity index (χ3v) is 8.26. The molecule has 1 aliphatic rings. The Hall–Kier alpha value is -4.48. The topological polar surface area (TPSA) is 4.44 Å². The fourth-order valence-corrected chi connectivity index (χ4v) is 6.39. The van der Waals surface area contributed by atoms with Crippen LogP contribution >= 0.6 is 0 Å². The van der Waals surface area contributed by atoms with Crippen molar-refractivity contribution in [2.75, 3.05) is 6.54 Å². The van der Waals surface area contributed by atoms with Gasteiger partial charge in [-0.25, -0.2) is 17.6 Å². The van der Waals surface area contributed by atoms with Crippen molar-refractivity contribution in [3.63, 3.8) is 0 Å². The van der Waals surface area contributed by atoms with Crippen LogP contribution in [0.5, 0.6) is 0 Å². The number of hydrogen-bond acceptors (Lipinski definition) is 0. The van der Waals surface area contributed by atoms with Crippen LogP contribution in [0, 0.1) is 11.6 Å². The van der Waals surface area contributed by atoms with Crippen molar-refractivity contribution in [2.45, 2.75) is 80.8 Å². The number of unbranched alkanes of at least 4 members (excludes halogenated alkanes) is 1. The minimum Gasteiger partial charge on any atom is -0.327 e.